The molecule has 3 rings (SSSR count). The molecule has 108 valence electrons. The van der Waals surface area contributed by atoms with E-state index in [4.69, 9.17) is 0 Å². The highest BCUT2D eigenvalue weighted by Crippen LogP contribution is 2.29. The first-order chi connectivity index (χ1) is 9.83. The molecule has 2 unspecified atom stereocenters. The largest absolute Gasteiger partial charge is 0.313 e. The Kier molecular flexibility index (Phi) is 4.97. The van der Waals surface area contributed by atoms with Gasteiger partial charge >= 0.3 is 0 Å². The van der Waals surface area contributed by atoms with Gasteiger partial charge < -0.3 is 5.32 Å². The maximum Gasteiger partial charge on any atom is 0.151 e. The van der Waals surface area contributed by atoms with Gasteiger partial charge in [-0.1, -0.05) is 43.7 Å². The predicted octanol–water partition coefficient (Wildman–Crippen LogP) is 4.56. The van der Waals surface area contributed by atoms with Gasteiger partial charge in [0.2, 0.25) is 0 Å². The standard InChI is InChI=1S/C16H22N2S2/c1-12-6-2-3-7-13(12)17-10-11-19-16-18-14-8-4-5-9-15(14)20-16/h4-5,8-9,12-13,17H,2-3,6-7,10-11H2,1H3. The number of nitrogens with one attached hydrogen (secondary N) is 1. The molecule has 0 spiro atoms. The summed E-state index contributed by atoms with van der Waals surface area (Å²) in [7, 11) is 0. The van der Waals surface area contributed by atoms with Crippen LogP contribution in [0.4, 0.5) is 0 Å². The van der Waals surface area contributed by atoms with Crippen molar-refractivity contribution < 1.29 is 0 Å². The van der Waals surface area contributed by atoms with E-state index in [1.807, 2.05) is 23.1 Å². The van der Waals surface area contributed by atoms with E-state index in [0.29, 0.717) is 0 Å². The van der Waals surface area contributed by atoms with Crippen LogP contribution in [0.5, 0.6) is 0 Å². The average Bonchev–Trinajstić information content (AvgIpc) is 2.88. The van der Waals surface area contributed by atoms with Gasteiger partial charge in [-0.3, -0.25) is 0 Å². The Balaban J connectivity index is 1.45. The number of para-hydroxylation sites is 1. The Morgan fingerprint density at radius 2 is 2.15 bits per heavy atom. The summed E-state index contributed by atoms with van der Waals surface area (Å²) in [5.74, 6) is 1.96. The number of aromatic nitrogens is 1. The van der Waals surface area contributed by atoms with E-state index in [9.17, 15) is 0 Å². The van der Waals surface area contributed by atoms with Crippen LogP contribution in [0, 0.1) is 5.92 Å². The summed E-state index contributed by atoms with van der Waals surface area (Å²) in [6, 6.07) is 9.13. The molecule has 2 nitrogen and oxygen atoms in total. The molecule has 20 heavy (non-hydrogen) atoms. The van der Waals surface area contributed by atoms with Gasteiger partial charge in [0.05, 0.1) is 10.2 Å². The molecule has 1 fully saturated rings. The molecule has 2 atom stereocenters. The number of benzene rings is 1. The fourth-order valence-corrected chi connectivity index (χ4v) is 4.92. The summed E-state index contributed by atoms with van der Waals surface area (Å²) >= 11 is 3.69. The van der Waals surface area contributed by atoms with Crippen LogP contribution in [0.2, 0.25) is 0 Å². The molecule has 4 heteroatoms. The normalized spacial score (nSPS) is 23.2. The van der Waals surface area contributed by atoms with Gasteiger partial charge in [-0.25, -0.2) is 4.98 Å². The molecule has 2 aromatic rings. The second-order valence-electron chi connectivity index (χ2n) is 5.62. The molecule has 1 aromatic heterocycles. The molecule has 1 heterocycles. The van der Waals surface area contributed by atoms with E-state index in [-0.39, 0.29) is 0 Å². The number of rotatable bonds is 5. The second-order valence-corrected chi connectivity index (χ2v) is 7.99. The molecule has 0 amide bonds. The van der Waals surface area contributed by atoms with Crippen LogP contribution < -0.4 is 5.32 Å². The zero-order valence-electron chi connectivity index (χ0n) is 12.0. The number of thioether (sulfide) groups is 1. The summed E-state index contributed by atoms with van der Waals surface area (Å²) in [5.41, 5.74) is 1.13. The van der Waals surface area contributed by atoms with Crippen LogP contribution in [0.25, 0.3) is 10.2 Å². The molecular weight excluding hydrogens is 284 g/mol. The quantitative estimate of drug-likeness (QED) is 0.647. The first kappa shape index (κ1) is 14.4. The van der Waals surface area contributed by atoms with Crippen LogP contribution in [0.3, 0.4) is 0 Å². The van der Waals surface area contributed by atoms with Crippen molar-refractivity contribution in [1.82, 2.24) is 10.3 Å². The van der Waals surface area contributed by atoms with Gasteiger partial charge in [0.15, 0.2) is 4.34 Å². The van der Waals surface area contributed by atoms with Crippen LogP contribution >= 0.6 is 23.1 Å². The number of thiazole rings is 1. The number of fused-ring (bicyclic) bond motifs is 1. The summed E-state index contributed by atoms with van der Waals surface area (Å²) in [6.07, 6.45) is 5.56. The van der Waals surface area contributed by atoms with E-state index in [1.54, 1.807) is 0 Å². The minimum atomic E-state index is 0.736. The van der Waals surface area contributed by atoms with Gasteiger partial charge in [-0.05, 0) is 30.9 Å². The van der Waals surface area contributed by atoms with E-state index in [2.05, 4.69) is 41.5 Å². The fourth-order valence-electron chi connectivity index (χ4n) is 2.91. The minimum Gasteiger partial charge on any atom is -0.313 e. The second kappa shape index (κ2) is 6.92. The molecule has 0 aliphatic heterocycles. The summed E-state index contributed by atoms with van der Waals surface area (Å²) in [5, 5.41) is 3.73. The third-order valence-corrected chi connectivity index (χ3v) is 6.30. The van der Waals surface area contributed by atoms with Gasteiger partial charge in [0.25, 0.3) is 0 Å². The van der Waals surface area contributed by atoms with Crippen molar-refractivity contribution in [2.75, 3.05) is 12.3 Å². The lowest BCUT2D eigenvalue weighted by Gasteiger charge is -2.29. The highest BCUT2D eigenvalue weighted by molar-refractivity contribution is 8.01. The number of hydrogen-bond acceptors (Lipinski definition) is 4. The van der Waals surface area contributed by atoms with Crippen molar-refractivity contribution in [2.24, 2.45) is 5.92 Å². The Morgan fingerprint density at radius 1 is 1.30 bits per heavy atom. The average molecular weight is 307 g/mol. The van der Waals surface area contributed by atoms with Crippen molar-refractivity contribution in [1.29, 1.82) is 0 Å². The molecule has 0 radical (unpaired) electrons. The Labute approximate surface area is 129 Å². The topological polar surface area (TPSA) is 24.9 Å². The number of hydrogen-bond donors (Lipinski definition) is 1. The zero-order chi connectivity index (χ0) is 13.8. The molecule has 0 saturated heterocycles. The smallest absolute Gasteiger partial charge is 0.151 e. The Bertz CT molecular complexity index is 519. The fraction of sp³-hybridized carbons (Fsp3) is 0.562. The first-order valence-corrected chi connectivity index (χ1v) is 9.35. The molecule has 1 N–H and O–H groups in total. The minimum absolute atomic E-state index is 0.736. The van der Waals surface area contributed by atoms with E-state index in [1.165, 1.54) is 34.7 Å². The maximum absolute atomic E-state index is 4.67. The van der Waals surface area contributed by atoms with Gasteiger partial charge in [0.1, 0.15) is 0 Å². The monoisotopic (exact) mass is 306 g/mol. The zero-order valence-corrected chi connectivity index (χ0v) is 13.6. The van der Waals surface area contributed by atoms with E-state index >= 15 is 0 Å². The van der Waals surface area contributed by atoms with Gasteiger partial charge in [-0.15, -0.1) is 11.3 Å². The molecule has 1 saturated carbocycles. The van der Waals surface area contributed by atoms with Gasteiger partial charge in [-0.2, -0.15) is 0 Å². The molecule has 0 bridgehead atoms. The van der Waals surface area contributed by atoms with E-state index in [0.717, 1.165) is 29.8 Å². The van der Waals surface area contributed by atoms with Crippen molar-refractivity contribution in [3.8, 4) is 0 Å². The highest BCUT2D eigenvalue weighted by Gasteiger charge is 2.20. The van der Waals surface area contributed by atoms with Crippen molar-refractivity contribution in [3.05, 3.63) is 24.3 Å². The molecule has 1 aromatic carbocycles. The SMILES string of the molecule is CC1CCCCC1NCCSc1nc2ccccc2s1. The van der Waals surface area contributed by atoms with Crippen LogP contribution in [0.15, 0.2) is 28.6 Å². The predicted molar refractivity (Wildman–Crippen MR) is 89.8 cm³/mol. The molecular formula is C16H22N2S2. The lowest BCUT2D eigenvalue weighted by molar-refractivity contribution is 0.285. The first-order valence-electron chi connectivity index (χ1n) is 7.55. The van der Waals surface area contributed by atoms with Crippen molar-refractivity contribution >= 4 is 33.3 Å². The van der Waals surface area contributed by atoms with Crippen molar-refractivity contribution in [2.45, 2.75) is 43.0 Å². The lowest BCUT2D eigenvalue weighted by Crippen LogP contribution is -2.38. The summed E-state index contributed by atoms with van der Waals surface area (Å²) in [4.78, 5) is 4.67. The Morgan fingerprint density at radius 3 is 3.00 bits per heavy atom. The van der Waals surface area contributed by atoms with Crippen LogP contribution in [0.1, 0.15) is 32.6 Å². The molecule has 1 aliphatic carbocycles. The summed E-state index contributed by atoms with van der Waals surface area (Å²) < 4.78 is 2.49. The maximum atomic E-state index is 4.67. The third kappa shape index (κ3) is 3.54. The lowest BCUT2D eigenvalue weighted by atomic mass is 9.86. The van der Waals surface area contributed by atoms with Crippen LogP contribution in [-0.2, 0) is 0 Å². The molecule has 1 aliphatic rings. The highest BCUT2D eigenvalue weighted by atomic mass is 32.2. The number of nitrogens with zero attached hydrogens (tertiary/aromatic N) is 1. The van der Waals surface area contributed by atoms with Crippen LogP contribution in [-0.4, -0.2) is 23.3 Å². The van der Waals surface area contributed by atoms with Crippen molar-refractivity contribution in [3.63, 3.8) is 0 Å². The van der Waals surface area contributed by atoms with E-state index < -0.39 is 0 Å². The summed E-state index contributed by atoms with van der Waals surface area (Å²) in [6.45, 7) is 3.48. The van der Waals surface area contributed by atoms with Gasteiger partial charge in [0, 0.05) is 18.3 Å². The third-order valence-electron chi connectivity index (χ3n) is 4.12. The Hall–Kier alpha value is -0.580.